The van der Waals surface area contributed by atoms with Crippen LogP contribution in [0.3, 0.4) is 0 Å². The van der Waals surface area contributed by atoms with Crippen molar-refractivity contribution in [1.29, 1.82) is 5.26 Å². The molecule has 180 valence electrons. The fourth-order valence-corrected chi connectivity index (χ4v) is 4.48. The van der Waals surface area contributed by atoms with Crippen LogP contribution in [0.5, 0.6) is 5.75 Å². The number of rotatable bonds is 6. The molecule has 2 heterocycles. The third-order valence-corrected chi connectivity index (χ3v) is 6.21. The maximum atomic E-state index is 13.8. The van der Waals surface area contributed by atoms with Gasteiger partial charge in [0.1, 0.15) is 12.4 Å². The number of nitrogens with zero attached hydrogens (tertiary/aromatic N) is 3. The summed E-state index contributed by atoms with van der Waals surface area (Å²) in [6, 6.07) is 27.0. The van der Waals surface area contributed by atoms with Gasteiger partial charge in [0, 0.05) is 22.4 Å². The summed E-state index contributed by atoms with van der Waals surface area (Å²) in [5.74, 6) is -1.33. The number of nitriles is 1. The number of aromatic nitrogens is 1. The molecule has 0 saturated carbocycles. The van der Waals surface area contributed by atoms with E-state index in [1.807, 2.05) is 30.3 Å². The molecule has 5 rings (SSSR count). The van der Waals surface area contributed by atoms with Crippen molar-refractivity contribution in [2.75, 3.05) is 4.90 Å². The van der Waals surface area contributed by atoms with Crippen molar-refractivity contribution in [3.05, 3.63) is 131 Å². The first-order valence-corrected chi connectivity index (χ1v) is 11.9. The summed E-state index contributed by atoms with van der Waals surface area (Å²) in [7, 11) is 0. The molecule has 0 aliphatic carbocycles. The molecule has 0 saturated heterocycles. The van der Waals surface area contributed by atoms with E-state index in [0.29, 0.717) is 39.8 Å². The Kier molecular flexibility index (Phi) is 6.80. The summed E-state index contributed by atoms with van der Waals surface area (Å²) in [5.41, 5.74) is 2.92. The zero-order valence-corrected chi connectivity index (χ0v) is 20.3. The Morgan fingerprint density at radius 2 is 1.76 bits per heavy atom. The average Bonchev–Trinajstić information content (AvgIpc) is 2.93. The molecule has 6 nitrogen and oxygen atoms in total. The highest BCUT2D eigenvalue weighted by molar-refractivity contribution is 6.38. The van der Waals surface area contributed by atoms with Crippen LogP contribution in [0.4, 0.5) is 5.69 Å². The van der Waals surface area contributed by atoms with Gasteiger partial charge in [0.2, 0.25) is 5.91 Å². The summed E-state index contributed by atoms with van der Waals surface area (Å²) in [5, 5.41) is 10.1. The van der Waals surface area contributed by atoms with Crippen molar-refractivity contribution in [2.24, 2.45) is 0 Å². The number of halogens is 1. The first kappa shape index (κ1) is 24.0. The monoisotopic (exact) mass is 505 g/mol. The molecule has 0 bridgehead atoms. The van der Waals surface area contributed by atoms with Crippen LogP contribution in [-0.4, -0.2) is 16.8 Å². The molecule has 3 aromatic carbocycles. The molecule has 7 heteroatoms. The Morgan fingerprint density at radius 1 is 0.973 bits per heavy atom. The van der Waals surface area contributed by atoms with Gasteiger partial charge in [0.15, 0.2) is 0 Å². The molecule has 0 spiro atoms. The van der Waals surface area contributed by atoms with E-state index in [9.17, 15) is 14.9 Å². The van der Waals surface area contributed by atoms with E-state index in [1.54, 1.807) is 66.9 Å². The molecule has 0 fully saturated rings. The number of ether oxygens (including phenoxy) is 1. The largest absolute Gasteiger partial charge is 0.489 e. The summed E-state index contributed by atoms with van der Waals surface area (Å²) in [4.78, 5) is 32.6. The highest BCUT2D eigenvalue weighted by Gasteiger charge is 2.38. The molecular formula is C30H20ClN3O3. The summed E-state index contributed by atoms with van der Waals surface area (Å²) >= 11 is 6.44. The number of hydrogen-bond acceptors (Lipinski definition) is 5. The molecule has 1 aliphatic rings. The maximum Gasteiger partial charge on any atom is 0.265 e. The third-order valence-electron chi connectivity index (χ3n) is 6.00. The first-order chi connectivity index (χ1) is 18.0. The van der Waals surface area contributed by atoms with Gasteiger partial charge in [-0.2, -0.15) is 5.26 Å². The van der Waals surface area contributed by atoms with E-state index in [-0.39, 0.29) is 5.57 Å². The minimum atomic E-state index is -0.850. The lowest BCUT2D eigenvalue weighted by Crippen LogP contribution is -2.43. The van der Waals surface area contributed by atoms with E-state index in [4.69, 9.17) is 16.3 Å². The lowest BCUT2D eigenvalue weighted by molar-refractivity contribution is -0.124. The van der Waals surface area contributed by atoms with E-state index in [1.165, 1.54) is 6.20 Å². The Morgan fingerprint density at radius 3 is 2.51 bits per heavy atom. The van der Waals surface area contributed by atoms with Crippen molar-refractivity contribution in [3.8, 4) is 11.8 Å². The van der Waals surface area contributed by atoms with Gasteiger partial charge in [-0.05, 0) is 47.5 Å². The maximum absolute atomic E-state index is 13.8. The van der Waals surface area contributed by atoms with Crippen LogP contribution in [0.1, 0.15) is 28.2 Å². The number of hydrogen-bond donors (Lipinski definition) is 0. The normalized spacial score (nSPS) is 15.2. The molecule has 1 aliphatic heterocycles. The van der Waals surface area contributed by atoms with Crippen LogP contribution < -0.4 is 9.64 Å². The van der Waals surface area contributed by atoms with Crippen molar-refractivity contribution < 1.29 is 14.3 Å². The second-order valence-corrected chi connectivity index (χ2v) is 8.84. The number of carbonyl (C=O) groups is 2. The lowest BCUT2D eigenvalue weighted by atomic mass is 9.87. The van der Waals surface area contributed by atoms with E-state index in [2.05, 4.69) is 11.1 Å². The van der Waals surface area contributed by atoms with Crippen molar-refractivity contribution in [3.63, 3.8) is 0 Å². The standard InChI is InChI=1S/C30H20ClN3O3/c31-23-13-22(14-25(15-23)37-19-20-7-2-1-3-8-20)27-16-28(26-11-5-4-9-21(26)17-32)30(36)34(29(27)35)24-10-6-12-33-18-24/h1-16,18,27H,19H2. The molecule has 0 N–H and O–H groups in total. The van der Waals surface area contributed by atoms with E-state index in [0.717, 1.165) is 10.5 Å². The van der Waals surface area contributed by atoms with E-state index >= 15 is 0 Å². The molecule has 1 aromatic heterocycles. The highest BCUT2D eigenvalue weighted by atomic mass is 35.5. The molecule has 1 atom stereocenters. The zero-order chi connectivity index (χ0) is 25.8. The molecule has 4 aromatic rings. The van der Waals surface area contributed by atoms with Gasteiger partial charge in [0.25, 0.3) is 5.91 Å². The number of carbonyl (C=O) groups excluding carboxylic acids is 2. The van der Waals surface area contributed by atoms with E-state index < -0.39 is 17.7 Å². The van der Waals surface area contributed by atoms with Gasteiger partial charge in [-0.1, -0.05) is 66.2 Å². The fourth-order valence-electron chi connectivity index (χ4n) is 4.25. The summed E-state index contributed by atoms with van der Waals surface area (Å²) in [6.07, 6.45) is 4.62. The van der Waals surface area contributed by atoms with Crippen molar-refractivity contribution in [2.45, 2.75) is 12.5 Å². The molecule has 0 radical (unpaired) electrons. The zero-order valence-electron chi connectivity index (χ0n) is 19.5. The SMILES string of the molecule is N#Cc1ccccc1C1=CC(c2cc(Cl)cc(OCc3ccccc3)c2)C(=O)N(c2cccnc2)C1=O. The van der Waals surface area contributed by atoms with Crippen molar-refractivity contribution >= 4 is 34.7 Å². The Bertz CT molecular complexity index is 1550. The fraction of sp³-hybridized carbons (Fsp3) is 0.0667. The van der Waals surface area contributed by atoms with Gasteiger partial charge >= 0.3 is 0 Å². The second kappa shape index (κ2) is 10.5. The third kappa shape index (κ3) is 4.99. The summed E-state index contributed by atoms with van der Waals surface area (Å²) in [6.45, 7) is 0.330. The minimum Gasteiger partial charge on any atom is -0.489 e. The number of pyridine rings is 1. The van der Waals surface area contributed by atoms with Gasteiger partial charge in [-0.25, -0.2) is 4.90 Å². The highest BCUT2D eigenvalue weighted by Crippen LogP contribution is 2.37. The molecule has 37 heavy (non-hydrogen) atoms. The smallest absolute Gasteiger partial charge is 0.265 e. The number of imide groups is 1. The van der Waals surface area contributed by atoms with Gasteiger partial charge in [-0.3, -0.25) is 14.6 Å². The van der Waals surface area contributed by atoms with Crippen LogP contribution in [0.25, 0.3) is 5.57 Å². The van der Waals surface area contributed by atoms with Gasteiger partial charge < -0.3 is 4.74 Å². The molecule has 2 amide bonds. The Hall–Kier alpha value is -4.73. The predicted molar refractivity (Wildman–Crippen MR) is 141 cm³/mol. The minimum absolute atomic E-state index is 0.248. The average molecular weight is 506 g/mol. The topological polar surface area (TPSA) is 83.3 Å². The van der Waals surface area contributed by atoms with Crippen LogP contribution in [0, 0.1) is 11.3 Å². The van der Waals surface area contributed by atoms with Gasteiger partial charge in [-0.15, -0.1) is 0 Å². The lowest BCUT2D eigenvalue weighted by Gasteiger charge is -2.30. The van der Waals surface area contributed by atoms with Gasteiger partial charge in [0.05, 0.1) is 29.4 Å². The van der Waals surface area contributed by atoms with Crippen LogP contribution in [0.15, 0.2) is 103 Å². The van der Waals surface area contributed by atoms with Crippen LogP contribution in [-0.2, 0) is 16.2 Å². The quantitative estimate of drug-likeness (QED) is 0.303. The molecular weight excluding hydrogens is 486 g/mol. The first-order valence-electron chi connectivity index (χ1n) is 11.5. The van der Waals surface area contributed by atoms with Crippen LogP contribution in [0.2, 0.25) is 5.02 Å². The number of amides is 2. The summed E-state index contributed by atoms with van der Waals surface area (Å²) < 4.78 is 5.97. The number of anilines is 1. The Labute approximate surface area is 219 Å². The molecule has 1 unspecified atom stereocenters. The van der Waals surface area contributed by atoms with Crippen LogP contribution >= 0.6 is 11.6 Å². The van der Waals surface area contributed by atoms with Crippen molar-refractivity contribution in [1.82, 2.24) is 4.98 Å². The number of benzene rings is 3. The predicted octanol–water partition coefficient (Wildman–Crippen LogP) is 5.93. The second-order valence-electron chi connectivity index (χ2n) is 8.40. The Balaban J connectivity index is 1.59.